The number of esters is 1. The van der Waals surface area contributed by atoms with Crippen LogP contribution < -0.4 is 20.3 Å². The summed E-state index contributed by atoms with van der Waals surface area (Å²) in [7, 11) is 3.01. The van der Waals surface area contributed by atoms with Crippen molar-refractivity contribution >= 4 is 39.1 Å². The van der Waals surface area contributed by atoms with E-state index in [-0.39, 0.29) is 13.2 Å². The number of aromatic nitrogens is 2. The largest absolute Gasteiger partial charge is 0.497 e. The van der Waals surface area contributed by atoms with Crippen molar-refractivity contribution in [3.05, 3.63) is 81.2 Å². The predicted octanol–water partition coefficient (Wildman–Crippen LogP) is 3.82. The molecule has 2 aromatic heterocycles. The Kier molecular flexibility index (Phi) is 7.65. The van der Waals surface area contributed by atoms with E-state index in [0.29, 0.717) is 44.3 Å². The van der Waals surface area contributed by atoms with Gasteiger partial charge in [0.1, 0.15) is 27.8 Å². The molecule has 2 heterocycles. The minimum Gasteiger partial charge on any atom is -0.497 e. The zero-order valence-electron chi connectivity index (χ0n) is 20.1. The Morgan fingerprint density at radius 2 is 1.86 bits per heavy atom. The predicted molar refractivity (Wildman–Crippen MR) is 137 cm³/mol. The lowest BCUT2D eigenvalue weighted by Gasteiger charge is -2.12. The van der Waals surface area contributed by atoms with Gasteiger partial charge < -0.3 is 19.5 Å². The molecule has 0 spiro atoms. The van der Waals surface area contributed by atoms with Crippen molar-refractivity contribution in [3.63, 3.8) is 0 Å². The molecule has 0 unspecified atom stereocenters. The van der Waals surface area contributed by atoms with E-state index in [1.807, 2.05) is 30.3 Å². The molecule has 4 rings (SSSR count). The van der Waals surface area contributed by atoms with Crippen molar-refractivity contribution in [1.82, 2.24) is 9.55 Å². The summed E-state index contributed by atoms with van der Waals surface area (Å²) in [6.45, 7) is 1.64. The minimum atomic E-state index is -0.500. The van der Waals surface area contributed by atoms with Gasteiger partial charge in [-0.05, 0) is 30.2 Å². The standard InChI is InChI=1S/C26H25N3O6S/c1-16-22-24(36-23(16)26(32)35-12-11-17-7-5-4-6-8-17)27-15-29(25(22)31)14-21(30)28-19-13-18(33-2)9-10-20(19)34-3/h4-10,13,15H,11-12,14H2,1-3H3,(H,28,30). The van der Waals surface area contributed by atoms with Gasteiger partial charge in [0.25, 0.3) is 5.56 Å². The summed E-state index contributed by atoms with van der Waals surface area (Å²) in [6.07, 6.45) is 1.89. The van der Waals surface area contributed by atoms with Gasteiger partial charge in [0, 0.05) is 12.5 Å². The van der Waals surface area contributed by atoms with Crippen LogP contribution in [0.15, 0.2) is 59.7 Å². The summed E-state index contributed by atoms with van der Waals surface area (Å²) in [6, 6.07) is 14.7. The second-order valence-electron chi connectivity index (χ2n) is 7.90. The van der Waals surface area contributed by atoms with Gasteiger partial charge in [-0.25, -0.2) is 9.78 Å². The fourth-order valence-electron chi connectivity index (χ4n) is 3.69. The average molecular weight is 508 g/mol. The van der Waals surface area contributed by atoms with Gasteiger partial charge in [-0.3, -0.25) is 14.2 Å². The molecule has 10 heteroatoms. The number of nitrogens with one attached hydrogen (secondary N) is 1. The Morgan fingerprint density at radius 3 is 2.58 bits per heavy atom. The van der Waals surface area contributed by atoms with Crippen LogP contribution >= 0.6 is 11.3 Å². The van der Waals surface area contributed by atoms with E-state index in [2.05, 4.69) is 10.3 Å². The van der Waals surface area contributed by atoms with Gasteiger partial charge >= 0.3 is 5.97 Å². The number of benzene rings is 2. The van der Waals surface area contributed by atoms with Crippen LogP contribution in [0.25, 0.3) is 10.2 Å². The highest BCUT2D eigenvalue weighted by Crippen LogP contribution is 2.29. The van der Waals surface area contributed by atoms with Crippen molar-refractivity contribution in [2.75, 3.05) is 26.1 Å². The molecule has 0 aliphatic rings. The lowest BCUT2D eigenvalue weighted by molar-refractivity contribution is -0.116. The molecule has 0 radical (unpaired) electrons. The molecule has 0 atom stereocenters. The molecule has 0 bridgehead atoms. The number of aryl methyl sites for hydroxylation is 1. The number of hydrogen-bond acceptors (Lipinski definition) is 8. The van der Waals surface area contributed by atoms with Crippen LogP contribution in [-0.2, 0) is 22.5 Å². The molecular formula is C26H25N3O6S. The highest BCUT2D eigenvalue weighted by molar-refractivity contribution is 7.20. The average Bonchev–Trinajstić information content (AvgIpc) is 3.23. The Hall–Kier alpha value is -4.18. The molecule has 0 fully saturated rings. The highest BCUT2D eigenvalue weighted by atomic mass is 32.1. The zero-order chi connectivity index (χ0) is 25.7. The Balaban J connectivity index is 1.49. The summed E-state index contributed by atoms with van der Waals surface area (Å²) in [5.41, 5.74) is 1.55. The second kappa shape index (κ2) is 11.0. The topological polar surface area (TPSA) is 109 Å². The number of nitrogens with zero attached hydrogens (tertiary/aromatic N) is 2. The number of rotatable bonds is 9. The van der Waals surface area contributed by atoms with E-state index in [0.717, 1.165) is 16.9 Å². The van der Waals surface area contributed by atoms with Crippen LogP contribution in [0.4, 0.5) is 5.69 Å². The maximum Gasteiger partial charge on any atom is 0.348 e. The second-order valence-corrected chi connectivity index (χ2v) is 8.90. The first-order chi connectivity index (χ1) is 17.4. The molecule has 2 aromatic carbocycles. The number of ether oxygens (including phenoxy) is 3. The van der Waals surface area contributed by atoms with E-state index in [9.17, 15) is 14.4 Å². The summed E-state index contributed by atoms with van der Waals surface area (Å²) >= 11 is 1.10. The van der Waals surface area contributed by atoms with Crippen LogP contribution in [0.5, 0.6) is 11.5 Å². The maximum absolute atomic E-state index is 13.1. The monoisotopic (exact) mass is 507 g/mol. The molecule has 0 saturated carbocycles. The molecule has 9 nitrogen and oxygen atoms in total. The maximum atomic E-state index is 13.1. The first kappa shape index (κ1) is 24.9. The fraction of sp³-hybridized carbons (Fsp3) is 0.231. The third kappa shape index (κ3) is 5.38. The van der Waals surface area contributed by atoms with Gasteiger partial charge in [0.05, 0.1) is 38.2 Å². The highest BCUT2D eigenvalue weighted by Gasteiger charge is 2.21. The summed E-state index contributed by atoms with van der Waals surface area (Å²) in [4.78, 5) is 43.6. The summed E-state index contributed by atoms with van der Waals surface area (Å²) in [5, 5.41) is 3.03. The van der Waals surface area contributed by atoms with Crippen molar-refractivity contribution in [1.29, 1.82) is 0 Å². The molecule has 0 saturated heterocycles. The Bertz CT molecular complexity index is 1460. The lowest BCUT2D eigenvalue weighted by Crippen LogP contribution is -2.28. The quantitative estimate of drug-likeness (QED) is 0.343. The van der Waals surface area contributed by atoms with Gasteiger partial charge in [-0.1, -0.05) is 30.3 Å². The van der Waals surface area contributed by atoms with E-state index in [1.54, 1.807) is 25.1 Å². The SMILES string of the molecule is COc1ccc(OC)c(NC(=O)Cn2cnc3sc(C(=O)OCCc4ccccc4)c(C)c3c2=O)c1. The van der Waals surface area contributed by atoms with Crippen LogP contribution in [0, 0.1) is 6.92 Å². The number of anilines is 1. The van der Waals surface area contributed by atoms with Gasteiger partial charge in [0.2, 0.25) is 5.91 Å². The molecule has 186 valence electrons. The number of thiophene rings is 1. The van der Waals surface area contributed by atoms with Gasteiger partial charge in [-0.15, -0.1) is 11.3 Å². The van der Waals surface area contributed by atoms with E-state index >= 15 is 0 Å². The number of fused-ring (bicyclic) bond motifs is 1. The minimum absolute atomic E-state index is 0.224. The molecule has 4 aromatic rings. The number of hydrogen-bond donors (Lipinski definition) is 1. The number of carbonyl (C=O) groups excluding carboxylic acids is 2. The lowest BCUT2D eigenvalue weighted by atomic mass is 10.2. The molecule has 1 amide bonds. The Morgan fingerprint density at radius 1 is 1.08 bits per heavy atom. The van der Waals surface area contributed by atoms with Crippen molar-refractivity contribution < 1.29 is 23.8 Å². The first-order valence-corrected chi connectivity index (χ1v) is 11.9. The molecule has 1 N–H and O–H groups in total. The third-order valence-corrected chi connectivity index (χ3v) is 6.74. The van der Waals surface area contributed by atoms with E-state index < -0.39 is 17.4 Å². The van der Waals surface area contributed by atoms with Gasteiger partial charge in [-0.2, -0.15) is 0 Å². The van der Waals surface area contributed by atoms with Crippen LogP contribution in [0.1, 0.15) is 20.8 Å². The fourth-order valence-corrected chi connectivity index (χ4v) is 4.73. The Labute approximate surface area is 211 Å². The molecule has 36 heavy (non-hydrogen) atoms. The van der Waals surface area contributed by atoms with Crippen molar-refractivity contribution in [3.8, 4) is 11.5 Å². The summed E-state index contributed by atoms with van der Waals surface area (Å²) in [5.74, 6) is 0.0519. The van der Waals surface area contributed by atoms with E-state index in [4.69, 9.17) is 14.2 Å². The molecule has 0 aliphatic heterocycles. The molecular weight excluding hydrogens is 482 g/mol. The van der Waals surface area contributed by atoms with Crippen LogP contribution in [0.2, 0.25) is 0 Å². The van der Waals surface area contributed by atoms with Crippen LogP contribution in [-0.4, -0.2) is 42.3 Å². The van der Waals surface area contributed by atoms with Crippen molar-refractivity contribution in [2.45, 2.75) is 19.9 Å². The molecule has 0 aliphatic carbocycles. The summed E-state index contributed by atoms with van der Waals surface area (Å²) < 4.78 is 17.1. The normalized spacial score (nSPS) is 10.8. The smallest absolute Gasteiger partial charge is 0.348 e. The number of amides is 1. The van der Waals surface area contributed by atoms with Crippen molar-refractivity contribution in [2.24, 2.45) is 0 Å². The number of carbonyl (C=O) groups is 2. The van der Waals surface area contributed by atoms with E-state index in [1.165, 1.54) is 25.1 Å². The number of methoxy groups -OCH3 is 2. The first-order valence-electron chi connectivity index (χ1n) is 11.1. The third-order valence-electron chi connectivity index (χ3n) is 5.56. The van der Waals surface area contributed by atoms with Gasteiger partial charge in [0.15, 0.2) is 0 Å². The zero-order valence-corrected chi connectivity index (χ0v) is 20.9. The van der Waals surface area contributed by atoms with Crippen LogP contribution in [0.3, 0.4) is 0 Å².